The van der Waals surface area contributed by atoms with E-state index in [2.05, 4.69) is 4.98 Å². The first-order chi connectivity index (χ1) is 18.3. The summed E-state index contributed by atoms with van der Waals surface area (Å²) in [6, 6.07) is 1.16. The summed E-state index contributed by atoms with van der Waals surface area (Å²) in [4.78, 5) is 45.6. The molecule has 13 heteroatoms. The molecule has 1 fully saturated rings. The van der Waals surface area contributed by atoms with Gasteiger partial charge in [0.05, 0.1) is 6.61 Å². The van der Waals surface area contributed by atoms with Crippen molar-refractivity contribution in [1.82, 2.24) is 9.55 Å². The molecule has 12 nitrogen and oxygen atoms in total. The summed E-state index contributed by atoms with van der Waals surface area (Å²) in [6.45, 7) is -0.180. The zero-order valence-electron chi connectivity index (χ0n) is 21.9. The minimum Gasteiger partial charge on any atom is -0.481 e. The van der Waals surface area contributed by atoms with Crippen molar-refractivity contribution in [2.45, 2.75) is 114 Å². The van der Waals surface area contributed by atoms with Crippen LogP contribution in [0.2, 0.25) is 0 Å². The van der Waals surface area contributed by atoms with Crippen LogP contribution in [0, 0.1) is 0 Å². The first-order valence-corrected chi connectivity index (χ1v) is 14.9. The highest BCUT2D eigenvalue weighted by atomic mass is 31.1. The average Bonchev–Trinajstić information content (AvgIpc) is 3.19. The van der Waals surface area contributed by atoms with E-state index < -0.39 is 56.6 Å². The van der Waals surface area contributed by atoms with Crippen LogP contribution < -0.4 is 11.2 Å². The number of H-pyrrole nitrogens is 1. The Labute approximate surface area is 223 Å². The molecule has 5 atom stereocenters. The number of aromatic amines is 1. The van der Waals surface area contributed by atoms with Gasteiger partial charge in [0.25, 0.3) is 5.56 Å². The summed E-state index contributed by atoms with van der Waals surface area (Å²) in [5, 5.41) is 18.3. The lowest BCUT2D eigenvalue weighted by atomic mass is 10.0. The maximum absolute atomic E-state index is 12.3. The molecule has 1 aliphatic rings. The van der Waals surface area contributed by atoms with Crippen molar-refractivity contribution >= 4 is 14.2 Å². The quantitative estimate of drug-likeness (QED) is 0.129. The van der Waals surface area contributed by atoms with E-state index in [1.165, 1.54) is 44.7 Å². The molecular weight excluding hydrogens is 519 g/mol. The Morgan fingerprint density at radius 1 is 0.947 bits per heavy atom. The zero-order valence-corrected chi connectivity index (χ0v) is 22.9. The number of ether oxygens (including phenoxy) is 2. The molecule has 2 heterocycles. The van der Waals surface area contributed by atoms with Gasteiger partial charge in [0.2, 0.25) is 0 Å². The van der Waals surface area contributed by atoms with E-state index in [4.69, 9.17) is 19.1 Å². The van der Waals surface area contributed by atoms with Crippen LogP contribution in [0.5, 0.6) is 0 Å². The highest BCUT2D eigenvalue weighted by Gasteiger charge is 2.48. The van der Waals surface area contributed by atoms with Crippen LogP contribution in [0.3, 0.4) is 0 Å². The van der Waals surface area contributed by atoms with E-state index in [-0.39, 0.29) is 6.42 Å². The summed E-state index contributed by atoms with van der Waals surface area (Å²) < 4.78 is 29.3. The number of rotatable bonds is 21. The predicted molar refractivity (Wildman–Crippen MR) is 140 cm³/mol. The summed E-state index contributed by atoms with van der Waals surface area (Å²) in [6.07, 6.45) is 11.5. The number of carboxylic acids is 1. The van der Waals surface area contributed by atoms with E-state index in [9.17, 15) is 28.9 Å². The standard InChI is InChI=1S/C25H43N2O10P/c28-18-19-22(37-38(33)34)23(24(36-19)27-16-15-20(29)26-25(27)32)35-17-13-11-9-7-5-3-1-2-4-6-8-10-12-14-21(30)31/h15-16,19,22-24,28,38H,1-14,17-18H2,(H,30,31)(H,33,34)(H,26,29,32). The average molecular weight is 563 g/mol. The molecule has 2 rings (SSSR count). The summed E-state index contributed by atoms with van der Waals surface area (Å²) in [5.74, 6) is -0.716. The molecule has 1 saturated heterocycles. The van der Waals surface area contributed by atoms with E-state index in [1.807, 2.05) is 0 Å². The summed E-state index contributed by atoms with van der Waals surface area (Å²) in [7, 11) is -3.36. The zero-order chi connectivity index (χ0) is 27.8. The normalized spacial score (nSPS) is 22.1. The van der Waals surface area contributed by atoms with E-state index in [1.54, 1.807) is 0 Å². The highest BCUT2D eigenvalue weighted by Crippen LogP contribution is 2.37. The lowest BCUT2D eigenvalue weighted by Gasteiger charge is -2.24. The molecule has 218 valence electrons. The molecule has 4 N–H and O–H groups in total. The molecule has 1 aromatic rings. The molecule has 0 bridgehead atoms. The fourth-order valence-electron chi connectivity index (χ4n) is 4.69. The Hall–Kier alpha value is -1.82. The number of aromatic nitrogens is 2. The Morgan fingerprint density at radius 2 is 1.50 bits per heavy atom. The number of carbonyl (C=O) groups is 1. The van der Waals surface area contributed by atoms with Gasteiger partial charge in [0.1, 0.15) is 18.3 Å². The van der Waals surface area contributed by atoms with Crippen LogP contribution in [0.25, 0.3) is 0 Å². The molecule has 1 aliphatic heterocycles. The van der Waals surface area contributed by atoms with Gasteiger partial charge in [0.15, 0.2) is 6.23 Å². The molecule has 5 unspecified atom stereocenters. The van der Waals surface area contributed by atoms with Gasteiger partial charge in [-0.2, -0.15) is 0 Å². The fourth-order valence-corrected chi connectivity index (χ4v) is 5.20. The number of hydrogen-bond acceptors (Lipinski definition) is 8. The van der Waals surface area contributed by atoms with Gasteiger partial charge in [0, 0.05) is 25.3 Å². The Kier molecular flexibility index (Phi) is 15.7. The smallest absolute Gasteiger partial charge is 0.330 e. The number of nitrogens with one attached hydrogen (secondary N) is 1. The molecular formula is C25H43N2O10P. The topological polar surface area (TPSA) is 177 Å². The van der Waals surface area contributed by atoms with E-state index in [0.29, 0.717) is 6.61 Å². The Morgan fingerprint density at radius 3 is 2.00 bits per heavy atom. The first-order valence-electron chi connectivity index (χ1n) is 13.6. The Bertz CT molecular complexity index is 953. The minimum absolute atomic E-state index is 0.269. The van der Waals surface area contributed by atoms with Crippen LogP contribution in [0.1, 0.15) is 96.1 Å². The third kappa shape index (κ3) is 11.9. The van der Waals surface area contributed by atoms with Gasteiger partial charge >= 0.3 is 19.9 Å². The lowest BCUT2D eigenvalue weighted by molar-refractivity contribution is -0.137. The van der Waals surface area contributed by atoms with E-state index in [0.717, 1.165) is 55.6 Å². The second kappa shape index (κ2) is 18.5. The van der Waals surface area contributed by atoms with Crippen molar-refractivity contribution in [3.8, 4) is 0 Å². The molecule has 0 radical (unpaired) electrons. The van der Waals surface area contributed by atoms with Crippen LogP contribution in [-0.4, -0.2) is 62.2 Å². The lowest BCUT2D eigenvalue weighted by Crippen LogP contribution is -2.40. The molecule has 0 aromatic carbocycles. The summed E-state index contributed by atoms with van der Waals surface area (Å²) >= 11 is 0. The molecule has 0 saturated carbocycles. The van der Waals surface area contributed by atoms with Crippen LogP contribution in [-0.2, 0) is 23.4 Å². The minimum atomic E-state index is -3.36. The third-order valence-electron chi connectivity index (χ3n) is 6.67. The van der Waals surface area contributed by atoms with Crippen LogP contribution in [0.4, 0.5) is 0 Å². The maximum Gasteiger partial charge on any atom is 0.330 e. The number of unbranched alkanes of at least 4 members (excludes halogenated alkanes) is 12. The molecule has 0 amide bonds. The van der Waals surface area contributed by atoms with Crippen molar-refractivity contribution in [1.29, 1.82) is 0 Å². The molecule has 38 heavy (non-hydrogen) atoms. The van der Waals surface area contributed by atoms with Crippen molar-refractivity contribution < 1.29 is 38.5 Å². The van der Waals surface area contributed by atoms with Gasteiger partial charge < -0.3 is 29.1 Å². The SMILES string of the molecule is O=C(O)CCCCCCCCCCCCCCCOC1C(O[PH](=O)O)C(CO)OC1n1ccc(=O)[nH]c1=O. The Balaban J connectivity index is 1.65. The van der Waals surface area contributed by atoms with Gasteiger partial charge in [-0.3, -0.25) is 23.7 Å². The largest absolute Gasteiger partial charge is 0.481 e. The van der Waals surface area contributed by atoms with Crippen molar-refractivity contribution in [3.63, 3.8) is 0 Å². The van der Waals surface area contributed by atoms with Crippen molar-refractivity contribution in [2.24, 2.45) is 0 Å². The van der Waals surface area contributed by atoms with Gasteiger partial charge in [-0.25, -0.2) is 4.79 Å². The second-order valence-electron chi connectivity index (χ2n) is 9.69. The predicted octanol–water partition coefficient (Wildman–Crippen LogP) is 3.12. The second-order valence-corrected chi connectivity index (χ2v) is 10.5. The van der Waals surface area contributed by atoms with E-state index >= 15 is 0 Å². The van der Waals surface area contributed by atoms with Gasteiger partial charge in [-0.1, -0.05) is 70.6 Å². The fraction of sp³-hybridized carbons (Fsp3) is 0.800. The van der Waals surface area contributed by atoms with Crippen molar-refractivity contribution in [3.05, 3.63) is 33.1 Å². The maximum atomic E-state index is 12.3. The van der Waals surface area contributed by atoms with Crippen LogP contribution in [0.15, 0.2) is 21.9 Å². The number of aliphatic hydroxyl groups is 1. The third-order valence-corrected chi connectivity index (χ3v) is 7.15. The van der Waals surface area contributed by atoms with Gasteiger partial charge in [-0.05, 0) is 12.8 Å². The molecule has 1 aromatic heterocycles. The monoisotopic (exact) mass is 562 g/mol. The van der Waals surface area contributed by atoms with Gasteiger partial charge in [-0.15, -0.1) is 0 Å². The number of nitrogens with zero attached hydrogens (tertiary/aromatic N) is 1. The highest BCUT2D eigenvalue weighted by molar-refractivity contribution is 7.32. The van der Waals surface area contributed by atoms with Crippen molar-refractivity contribution in [2.75, 3.05) is 13.2 Å². The number of aliphatic hydroxyl groups excluding tert-OH is 1. The molecule has 0 spiro atoms. The number of aliphatic carboxylic acids is 1. The number of carboxylic acid groups (broad SMARTS) is 1. The number of hydrogen-bond donors (Lipinski definition) is 4. The summed E-state index contributed by atoms with van der Waals surface area (Å²) in [5.41, 5.74) is -1.29. The first kappa shape index (κ1) is 32.4. The molecule has 0 aliphatic carbocycles. The van der Waals surface area contributed by atoms with Crippen LogP contribution >= 0.6 is 8.25 Å².